The Balaban J connectivity index is 1.53. The van der Waals surface area contributed by atoms with Gasteiger partial charge in [0.15, 0.2) is 0 Å². The standard InChI is InChI=1S/C17H21N3O/c21-17(20-12-16-9-5-2-6-10-16)13-19-14-18-11-15-7-3-1-4-8-15/h1-10,18-19H,11-14H2,(H,20,21). The normalized spacial score (nSPS) is 10.3. The summed E-state index contributed by atoms with van der Waals surface area (Å²) in [5.74, 6) is 0.000337. The molecular weight excluding hydrogens is 262 g/mol. The molecule has 0 radical (unpaired) electrons. The van der Waals surface area contributed by atoms with E-state index < -0.39 is 0 Å². The van der Waals surface area contributed by atoms with Crippen LogP contribution in [0.4, 0.5) is 0 Å². The van der Waals surface area contributed by atoms with Gasteiger partial charge in [0.05, 0.1) is 6.54 Å². The first-order chi connectivity index (χ1) is 10.3. The lowest BCUT2D eigenvalue weighted by molar-refractivity contribution is -0.120. The van der Waals surface area contributed by atoms with Crippen LogP contribution in [0.2, 0.25) is 0 Å². The van der Waals surface area contributed by atoms with Gasteiger partial charge in [-0.05, 0) is 11.1 Å². The number of rotatable bonds is 8. The first-order valence-corrected chi connectivity index (χ1v) is 7.10. The first-order valence-electron chi connectivity index (χ1n) is 7.10. The van der Waals surface area contributed by atoms with E-state index in [4.69, 9.17) is 0 Å². The molecule has 3 N–H and O–H groups in total. The maximum absolute atomic E-state index is 11.6. The number of carbonyl (C=O) groups is 1. The van der Waals surface area contributed by atoms with Gasteiger partial charge in [0.2, 0.25) is 5.91 Å². The predicted molar refractivity (Wildman–Crippen MR) is 84.4 cm³/mol. The molecule has 1 amide bonds. The van der Waals surface area contributed by atoms with Crippen molar-refractivity contribution in [2.45, 2.75) is 13.1 Å². The quantitative estimate of drug-likeness (QED) is 0.510. The summed E-state index contributed by atoms with van der Waals surface area (Å²) < 4.78 is 0. The Morgan fingerprint density at radius 1 is 0.762 bits per heavy atom. The molecule has 110 valence electrons. The molecule has 0 unspecified atom stereocenters. The Hall–Kier alpha value is -2.17. The number of nitrogens with one attached hydrogen (secondary N) is 3. The molecule has 0 aromatic heterocycles. The first kappa shape index (κ1) is 15.2. The molecular formula is C17H21N3O. The van der Waals surface area contributed by atoms with Gasteiger partial charge in [-0.25, -0.2) is 0 Å². The Morgan fingerprint density at radius 3 is 1.95 bits per heavy atom. The van der Waals surface area contributed by atoms with Gasteiger partial charge in [-0.3, -0.25) is 10.1 Å². The highest BCUT2D eigenvalue weighted by Gasteiger charge is 2.00. The van der Waals surface area contributed by atoms with E-state index in [-0.39, 0.29) is 5.91 Å². The molecule has 2 aromatic rings. The summed E-state index contributed by atoms with van der Waals surface area (Å²) in [4.78, 5) is 11.6. The molecule has 4 nitrogen and oxygen atoms in total. The minimum absolute atomic E-state index is 0.000337. The Labute approximate surface area is 125 Å². The van der Waals surface area contributed by atoms with Crippen molar-refractivity contribution in [2.24, 2.45) is 0 Å². The highest BCUT2D eigenvalue weighted by atomic mass is 16.1. The second-order valence-corrected chi connectivity index (χ2v) is 4.78. The molecule has 0 heterocycles. The largest absolute Gasteiger partial charge is 0.351 e. The van der Waals surface area contributed by atoms with Crippen molar-refractivity contribution < 1.29 is 4.79 Å². The molecule has 0 bridgehead atoms. The monoisotopic (exact) mass is 283 g/mol. The summed E-state index contributed by atoms with van der Waals surface area (Å²) in [6.07, 6.45) is 0. The summed E-state index contributed by atoms with van der Waals surface area (Å²) >= 11 is 0. The third-order valence-electron chi connectivity index (χ3n) is 3.04. The van der Waals surface area contributed by atoms with Crippen molar-refractivity contribution in [3.8, 4) is 0 Å². The van der Waals surface area contributed by atoms with E-state index in [2.05, 4.69) is 28.1 Å². The van der Waals surface area contributed by atoms with Crippen molar-refractivity contribution >= 4 is 5.91 Å². The van der Waals surface area contributed by atoms with Crippen LogP contribution in [0.5, 0.6) is 0 Å². The molecule has 21 heavy (non-hydrogen) atoms. The van der Waals surface area contributed by atoms with Crippen LogP contribution in [0.25, 0.3) is 0 Å². The zero-order valence-corrected chi connectivity index (χ0v) is 12.0. The van der Waals surface area contributed by atoms with E-state index in [0.717, 1.165) is 12.1 Å². The fraction of sp³-hybridized carbons (Fsp3) is 0.235. The highest BCUT2D eigenvalue weighted by Crippen LogP contribution is 1.97. The molecule has 0 atom stereocenters. The minimum atomic E-state index is 0.000337. The maximum Gasteiger partial charge on any atom is 0.234 e. The topological polar surface area (TPSA) is 53.2 Å². The van der Waals surface area contributed by atoms with Gasteiger partial charge in [-0.2, -0.15) is 0 Å². The van der Waals surface area contributed by atoms with Gasteiger partial charge in [0.25, 0.3) is 0 Å². The summed E-state index contributed by atoms with van der Waals surface area (Å²) in [5.41, 5.74) is 2.33. The van der Waals surface area contributed by atoms with Gasteiger partial charge in [-0.15, -0.1) is 0 Å². The fourth-order valence-corrected chi connectivity index (χ4v) is 1.93. The van der Waals surface area contributed by atoms with Crippen molar-refractivity contribution in [1.82, 2.24) is 16.0 Å². The Morgan fingerprint density at radius 2 is 1.33 bits per heavy atom. The molecule has 0 spiro atoms. The molecule has 0 aliphatic heterocycles. The van der Waals surface area contributed by atoms with Gasteiger partial charge >= 0.3 is 0 Å². The van der Waals surface area contributed by atoms with E-state index in [9.17, 15) is 4.79 Å². The Bertz CT molecular complexity index is 528. The fourth-order valence-electron chi connectivity index (χ4n) is 1.93. The molecule has 0 saturated heterocycles. The van der Waals surface area contributed by atoms with Gasteiger partial charge in [0, 0.05) is 19.8 Å². The van der Waals surface area contributed by atoms with Crippen molar-refractivity contribution in [1.29, 1.82) is 0 Å². The molecule has 0 aliphatic rings. The number of hydrogen-bond donors (Lipinski definition) is 3. The average molecular weight is 283 g/mol. The van der Waals surface area contributed by atoms with Crippen molar-refractivity contribution in [3.05, 3.63) is 71.8 Å². The highest BCUT2D eigenvalue weighted by molar-refractivity contribution is 5.77. The number of carbonyl (C=O) groups excluding carboxylic acids is 1. The van der Waals surface area contributed by atoms with Crippen LogP contribution in [0.1, 0.15) is 11.1 Å². The van der Waals surface area contributed by atoms with Crippen LogP contribution in [-0.2, 0) is 17.9 Å². The van der Waals surface area contributed by atoms with Crippen molar-refractivity contribution in [2.75, 3.05) is 13.2 Å². The third-order valence-corrected chi connectivity index (χ3v) is 3.04. The molecule has 0 fully saturated rings. The molecule has 0 aliphatic carbocycles. The second-order valence-electron chi connectivity index (χ2n) is 4.78. The molecule has 2 rings (SSSR count). The SMILES string of the molecule is O=C(CNCNCc1ccccc1)NCc1ccccc1. The third kappa shape index (κ3) is 6.21. The van der Waals surface area contributed by atoms with Gasteiger partial charge in [0.1, 0.15) is 0 Å². The van der Waals surface area contributed by atoms with E-state index in [0.29, 0.717) is 19.8 Å². The lowest BCUT2D eigenvalue weighted by Crippen LogP contribution is -2.37. The van der Waals surface area contributed by atoms with Crippen LogP contribution in [0.3, 0.4) is 0 Å². The minimum Gasteiger partial charge on any atom is -0.351 e. The van der Waals surface area contributed by atoms with Crippen molar-refractivity contribution in [3.63, 3.8) is 0 Å². The van der Waals surface area contributed by atoms with Gasteiger partial charge in [-0.1, -0.05) is 60.7 Å². The summed E-state index contributed by atoms with van der Waals surface area (Å²) in [6, 6.07) is 20.1. The zero-order chi connectivity index (χ0) is 14.8. The van der Waals surface area contributed by atoms with Crippen LogP contribution in [-0.4, -0.2) is 19.1 Å². The van der Waals surface area contributed by atoms with E-state index in [1.165, 1.54) is 5.56 Å². The van der Waals surface area contributed by atoms with E-state index in [1.807, 2.05) is 48.5 Å². The molecule has 0 saturated carbocycles. The summed E-state index contributed by atoms with van der Waals surface area (Å²) in [5, 5.41) is 9.19. The van der Waals surface area contributed by atoms with Crippen LogP contribution >= 0.6 is 0 Å². The van der Waals surface area contributed by atoms with Crippen LogP contribution < -0.4 is 16.0 Å². The summed E-state index contributed by atoms with van der Waals surface area (Å²) in [6.45, 7) is 2.28. The lowest BCUT2D eigenvalue weighted by atomic mass is 10.2. The zero-order valence-electron chi connectivity index (χ0n) is 12.0. The number of hydrogen-bond acceptors (Lipinski definition) is 3. The number of amides is 1. The average Bonchev–Trinajstić information content (AvgIpc) is 2.54. The number of benzene rings is 2. The van der Waals surface area contributed by atoms with E-state index in [1.54, 1.807) is 0 Å². The second kappa shape index (κ2) is 8.89. The maximum atomic E-state index is 11.6. The van der Waals surface area contributed by atoms with Crippen LogP contribution in [0, 0.1) is 0 Å². The molecule has 2 aromatic carbocycles. The van der Waals surface area contributed by atoms with E-state index >= 15 is 0 Å². The van der Waals surface area contributed by atoms with Crippen LogP contribution in [0.15, 0.2) is 60.7 Å². The molecule has 4 heteroatoms. The Kier molecular flexibility index (Phi) is 6.45. The smallest absolute Gasteiger partial charge is 0.234 e. The van der Waals surface area contributed by atoms with Gasteiger partial charge < -0.3 is 10.6 Å². The predicted octanol–water partition coefficient (Wildman–Crippen LogP) is 1.64. The lowest BCUT2D eigenvalue weighted by Gasteiger charge is -2.08. The summed E-state index contributed by atoms with van der Waals surface area (Å²) in [7, 11) is 0.